The highest BCUT2D eigenvalue weighted by Crippen LogP contribution is 2.35. The quantitative estimate of drug-likeness (QED) is 0.917. The zero-order valence-electron chi connectivity index (χ0n) is 9.81. The van der Waals surface area contributed by atoms with Crippen molar-refractivity contribution in [1.82, 2.24) is 10.3 Å². The van der Waals surface area contributed by atoms with Crippen LogP contribution >= 0.6 is 22.9 Å². The van der Waals surface area contributed by atoms with Crippen LogP contribution in [0.15, 0.2) is 18.2 Å². The third kappa shape index (κ3) is 1.83. The summed E-state index contributed by atoms with van der Waals surface area (Å²) in [5.74, 6) is 0.183. The van der Waals surface area contributed by atoms with E-state index in [0.29, 0.717) is 5.02 Å². The smallest absolute Gasteiger partial charge is 0.226 e. The van der Waals surface area contributed by atoms with Gasteiger partial charge in [-0.1, -0.05) is 29.0 Å². The van der Waals surface area contributed by atoms with E-state index < -0.39 is 0 Å². The number of thiazole rings is 1. The summed E-state index contributed by atoms with van der Waals surface area (Å²) in [6.45, 7) is 1.47. The van der Waals surface area contributed by atoms with Gasteiger partial charge in [0.1, 0.15) is 5.52 Å². The van der Waals surface area contributed by atoms with Gasteiger partial charge in [-0.2, -0.15) is 0 Å². The van der Waals surface area contributed by atoms with Gasteiger partial charge in [-0.15, -0.1) is 0 Å². The lowest BCUT2D eigenvalue weighted by Crippen LogP contribution is -2.53. The summed E-state index contributed by atoms with van der Waals surface area (Å²) >= 11 is 7.71. The summed E-state index contributed by atoms with van der Waals surface area (Å²) in [4.78, 5) is 18.1. The van der Waals surface area contributed by atoms with Gasteiger partial charge in [0, 0.05) is 20.1 Å². The fourth-order valence-electron chi connectivity index (χ4n) is 2.04. The second-order valence-electron chi connectivity index (χ2n) is 4.30. The van der Waals surface area contributed by atoms with Crippen LogP contribution in [0.25, 0.3) is 10.2 Å². The maximum atomic E-state index is 11.4. The number of nitrogens with zero attached hydrogens (tertiary/aromatic N) is 2. The Hall–Kier alpha value is -1.33. The minimum Gasteiger partial charge on any atom is -0.359 e. The third-order valence-corrected chi connectivity index (χ3v) is 4.51. The fourth-order valence-corrected chi connectivity index (χ4v) is 3.33. The molecule has 0 saturated carbocycles. The van der Waals surface area contributed by atoms with Gasteiger partial charge in [-0.05, 0) is 12.1 Å². The molecule has 18 heavy (non-hydrogen) atoms. The Bertz CT molecular complexity index is 606. The van der Waals surface area contributed by atoms with E-state index in [9.17, 15) is 4.79 Å². The number of carbonyl (C=O) groups excluding carboxylic acids is 1. The van der Waals surface area contributed by atoms with Crippen molar-refractivity contribution < 1.29 is 4.79 Å². The second-order valence-corrected chi connectivity index (χ2v) is 5.72. The molecule has 1 aliphatic rings. The highest BCUT2D eigenvalue weighted by atomic mass is 35.5. The SMILES string of the molecule is CNC(=O)C1CN(c2nc3c(Cl)cccc3s2)C1. The third-order valence-electron chi connectivity index (χ3n) is 3.13. The summed E-state index contributed by atoms with van der Waals surface area (Å²) in [5.41, 5.74) is 0.850. The lowest BCUT2D eigenvalue weighted by molar-refractivity contribution is -0.125. The van der Waals surface area contributed by atoms with Crippen LogP contribution in [0, 0.1) is 5.92 Å². The molecule has 3 rings (SSSR count). The van der Waals surface area contributed by atoms with Gasteiger partial charge < -0.3 is 10.2 Å². The lowest BCUT2D eigenvalue weighted by Gasteiger charge is -2.37. The van der Waals surface area contributed by atoms with Gasteiger partial charge in [0.15, 0.2) is 5.13 Å². The summed E-state index contributed by atoms with van der Waals surface area (Å²) in [5, 5.41) is 4.29. The first-order valence-corrected chi connectivity index (χ1v) is 6.90. The average Bonchev–Trinajstić information content (AvgIpc) is 2.72. The number of aromatic nitrogens is 1. The molecule has 2 aromatic rings. The van der Waals surface area contributed by atoms with Crippen molar-refractivity contribution in [2.45, 2.75) is 0 Å². The number of rotatable bonds is 2. The van der Waals surface area contributed by atoms with Crippen molar-refractivity contribution in [3.05, 3.63) is 23.2 Å². The molecule has 1 aliphatic heterocycles. The van der Waals surface area contributed by atoms with Crippen molar-refractivity contribution in [2.75, 3.05) is 25.0 Å². The number of para-hydroxylation sites is 1. The first kappa shape index (κ1) is 11.7. The molecule has 0 spiro atoms. The predicted octanol–water partition coefficient (Wildman–Crippen LogP) is 2.13. The van der Waals surface area contributed by atoms with E-state index in [1.54, 1.807) is 18.4 Å². The van der Waals surface area contributed by atoms with Gasteiger partial charge in [0.05, 0.1) is 15.6 Å². The molecule has 1 aromatic carbocycles. The molecular formula is C12H12ClN3OS. The molecule has 1 saturated heterocycles. The van der Waals surface area contributed by atoms with E-state index in [-0.39, 0.29) is 11.8 Å². The molecule has 0 radical (unpaired) electrons. The Morgan fingerprint density at radius 3 is 3.00 bits per heavy atom. The molecule has 0 aliphatic carbocycles. The minimum absolute atomic E-state index is 0.0810. The standard InChI is InChI=1S/C12H12ClN3OS/c1-14-11(17)7-5-16(6-7)12-15-10-8(13)3-2-4-9(10)18-12/h2-4,7H,5-6H2,1H3,(H,14,17). The maximum absolute atomic E-state index is 11.4. The Kier molecular flexibility index (Phi) is 2.87. The van der Waals surface area contributed by atoms with E-state index in [2.05, 4.69) is 15.2 Å². The number of nitrogens with one attached hydrogen (secondary N) is 1. The van der Waals surface area contributed by atoms with Gasteiger partial charge >= 0.3 is 0 Å². The van der Waals surface area contributed by atoms with Crippen LogP contribution in [0.5, 0.6) is 0 Å². The molecule has 1 aromatic heterocycles. The first-order chi connectivity index (χ1) is 8.69. The van der Waals surface area contributed by atoms with Crippen molar-refractivity contribution in [3.8, 4) is 0 Å². The molecule has 0 bridgehead atoms. The summed E-state index contributed by atoms with van der Waals surface area (Å²) < 4.78 is 1.08. The Labute approximate surface area is 114 Å². The molecular weight excluding hydrogens is 270 g/mol. The zero-order chi connectivity index (χ0) is 12.7. The Balaban J connectivity index is 1.81. The van der Waals surface area contributed by atoms with Crippen LogP contribution in [0.3, 0.4) is 0 Å². The van der Waals surface area contributed by atoms with Crippen molar-refractivity contribution in [2.24, 2.45) is 5.92 Å². The number of hydrogen-bond donors (Lipinski definition) is 1. The molecule has 94 valence electrons. The number of fused-ring (bicyclic) bond motifs is 1. The number of hydrogen-bond acceptors (Lipinski definition) is 4. The van der Waals surface area contributed by atoms with Gasteiger partial charge in [-0.25, -0.2) is 4.98 Å². The van der Waals surface area contributed by atoms with Crippen LogP contribution in [-0.2, 0) is 4.79 Å². The van der Waals surface area contributed by atoms with E-state index >= 15 is 0 Å². The molecule has 1 fully saturated rings. The van der Waals surface area contributed by atoms with E-state index in [0.717, 1.165) is 28.4 Å². The highest BCUT2D eigenvalue weighted by molar-refractivity contribution is 7.22. The Morgan fingerprint density at radius 2 is 2.33 bits per heavy atom. The largest absolute Gasteiger partial charge is 0.359 e. The minimum atomic E-state index is 0.0810. The van der Waals surface area contributed by atoms with Crippen molar-refractivity contribution in [1.29, 1.82) is 0 Å². The number of halogens is 1. The normalized spacial score (nSPS) is 15.8. The molecule has 4 nitrogen and oxygen atoms in total. The lowest BCUT2D eigenvalue weighted by atomic mass is 10.0. The molecule has 2 heterocycles. The molecule has 6 heteroatoms. The van der Waals surface area contributed by atoms with Gasteiger partial charge in [0.2, 0.25) is 5.91 Å². The van der Waals surface area contributed by atoms with E-state index in [4.69, 9.17) is 11.6 Å². The Morgan fingerprint density at radius 1 is 1.56 bits per heavy atom. The summed E-state index contributed by atoms with van der Waals surface area (Å²) in [7, 11) is 1.67. The van der Waals surface area contributed by atoms with E-state index in [1.165, 1.54) is 0 Å². The van der Waals surface area contributed by atoms with Crippen molar-refractivity contribution >= 4 is 44.2 Å². The second kappa shape index (κ2) is 4.40. The molecule has 1 amide bonds. The number of anilines is 1. The average molecular weight is 282 g/mol. The zero-order valence-corrected chi connectivity index (χ0v) is 11.4. The maximum Gasteiger partial charge on any atom is 0.226 e. The molecule has 0 unspecified atom stereocenters. The van der Waals surface area contributed by atoms with Gasteiger partial charge in [0.25, 0.3) is 0 Å². The molecule has 1 N–H and O–H groups in total. The van der Waals surface area contributed by atoms with Crippen LogP contribution < -0.4 is 10.2 Å². The molecule has 0 atom stereocenters. The monoisotopic (exact) mass is 281 g/mol. The van der Waals surface area contributed by atoms with Crippen LogP contribution in [0.4, 0.5) is 5.13 Å². The summed E-state index contributed by atoms with van der Waals surface area (Å²) in [6, 6.07) is 5.78. The van der Waals surface area contributed by atoms with Crippen LogP contribution in [-0.4, -0.2) is 31.0 Å². The topological polar surface area (TPSA) is 45.2 Å². The highest BCUT2D eigenvalue weighted by Gasteiger charge is 2.33. The number of amides is 1. The number of benzene rings is 1. The fraction of sp³-hybridized carbons (Fsp3) is 0.333. The van der Waals surface area contributed by atoms with Crippen LogP contribution in [0.2, 0.25) is 5.02 Å². The number of carbonyl (C=O) groups is 1. The van der Waals surface area contributed by atoms with Crippen LogP contribution in [0.1, 0.15) is 0 Å². The van der Waals surface area contributed by atoms with E-state index in [1.807, 2.05) is 18.2 Å². The summed E-state index contributed by atoms with van der Waals surface area (Å²) in [6.07, 6.45) is 0. The van der Waals surface area contributed by atoms with Crippen molar-refractivity contribution in [3.63, 3.8) is 0 Å². The predicted molar refractivity (Wildman–Crippen MR) is 74.4 cm³/mol. The first-order valence-electron chi connectivity index (χ1n) is 5.70. The van der Waals surface area contributed by atoms with Gasteiger partial charge in [-0.3, -0.25) is 4.79 Å².